The van der Waals surface area contributed by atoms with Crippen LogP contribution in [0.2, 0.25) is 0 Å². The molecule has 0 N–H and O–H groups in total. The number of hydrogen-bond donors (Lipinski definition) is 0. The predicted molar refractivity (Wildman–Crippen MR) is 82.2 cm³/mol. The van der Waals surface area contributed by atoms with Crippen molar-refractivity contribution in [3.8, 4) is 0 Å². The molecule has 1 aliphatic heterocycles. The maximum absolute atomic E-state index is 11.2. The van der Waals surface area contributed by atoms with Crippen molar-refractivity contribution in [2.45, 2.75) is 38.3 Å². The molecule has 0 amide bonds. The molecule has 1 aromatic heterocycles. The Morgan fingerprint density at radius 2 is 2.15 bits per heavy atom. The van der Waals surface area contributed by atoms with E-state index in [0.717, 1.165) is 30.2 Å². The molecule has 3 heteroatoms. The summed E-state index contributed by atoms with van der Waals surface area (Å²) in [5, 5.41) is 1.07. The van der Waals surface area contributed by atoms with Gasteiger partial charge in [0.05, 0.1) is 0 Å². The zero-order valence-corrected chi connectivity index (χ0v) is 12.1. The molecule has 3 rings (SSSR count). The molecule has 0 radical (unpaired) electrons. The zero-order chi connectivity index (χ0) is 13.9. The summed E-state index contributed by atoms with van der Waals surface area (Å²) >= 11 is 0. The SMILES string of the molecule is CN1CCCCC1CCn1cc(C=O)c2ccccc21. The smallest absolute Gasteiger partial charge is 0.152 e. The third kappa shape index (κ3) is 2.50. The van der Waals surface area contributed by atoms with Crippen molar-refractivity contribution < 1.29 is 4.79 Å². The van der Waals surface area contributed by atoms with Gasteiger partial charge in [0.1, 0.15) is 0 Å². The summed E-state index contributed by atoms with van der Waals surface area (Å²) in [7, 11) is 2.23. The Morgan fingerprint density at radius 3 is 2.95 bits per heavy atom. The molecule has 106 valence electrons. The first-order valence-electron chi connectivity index (χ1n) is 7.53. The Balaban J connectivity index is 1.79. The van der Waals surface area contributed by atoms with Crippen LogP contribution in [0.15, 0.2) is 30.5 Å². The van der Waals surface area contributed by atoms with Crippen molar-refractivity contribution in [2.24, 2.45) is 0 Å². The number of rotatable bonds is 4. The number of nitrogens with zero attached hydrogens (tertiary/aromatic N) is 2. The quantitative estimate of drug-likeness (QED) is 0.796. The summed E-state index contributed by atoms with van der Waals surface area (Å²) in [6.07, 6.45) is 8.10. The largest absolute Gasteiger partial charge is 0.347 e. The number of fused-ring (bicyclic) bond motifs is 1. The van der Waals surface area contributed by atoms with E-state index in [9.17, 15) is 4.79 Å². The third-order valence-corrected chi connectivity index (χ3v) is 4.57. The van der Waals surface area contributed by atoms with E-state index in [2.05, 4.69) is 22.6 Å². The Morgan fingerprint density at radius 1 is 1.30 bits per heavy atom. The maximum Gasteiger partial charge on any atom is 0.152 e. The molecule has 0 bridgehead atoms. The number of likely N-dealkylation sites (tertiary alicyclic amines) is 1. The van der Waals surface area contributed by atoms with Crippen LogP contribution in [0.5, 0.6) is 0 Å². The Kier molecular flexibility index (Phi) is 3.88. The summed E-state index contributed by atoms with van der Waals surface area (Å²) in [5.41, 5.74) is 1.98. The molecule has 2 aromatic rings. The Hall–Kier alpha value is -1.61. The van der Waals surface area contributed by atoms with Crippen molar-refractivity contribution in [3.05, 3.63) is 36.0 Å². The van der Waals surface area contributed by atoms with Crippen molar-refractivity contribution in [1.29, 1.82) is 0 Å². The van der Waals surface area contributed by atoms with E-state index in [0.29, 0.717) is 6.04 Å². The molecule has 0 saturated carbocycles. The molecule has 20 heavy (non-hydrogen) atoms. The highest BCUT2D eigenvalue weighted by Crippen LogP contribution is 2.23. The topological polar surface area (TPSA) is 25.2 Å². The fourth-order valence-electron chi connectivity index (χ4n) is 3.35. The van der Waals surface area contributed by atoms with Gasteiger partial charge in [-0.3, -0.25) is 4.79 Å². The number of aromatic nitrogens is 1. The lowest BCUT2D eigenvalue weighted by atomic mass is 10.0. The lowest BCUT2D eigenvalue weighted by Crippen LogP contribution is -2.36. The second-order valence-corrected chi connectivity index (χ2v) is 5.83. The molecule has 1 atom stereocenters. The Labute approximate surface area is 120 Å². The van der Waals surface area contributed by atoms with Crippen molar-refractivity contribution in [1.82, 2.24) is 9.47 Å². The van der Waals surface area contributed by atoms with Gasteiger partial charge in [0.2, 0.25) is 0 Å². The number of aryl methyl sites for hydroxylation is 1. The minimum absolute atomic E-state index is 0.685. The van der Waals surface area contributed by atoms with Crippen LogP contribution in [-0.4, -0.2) is 35.4 Å². The first-order chi connectivity index (χ1) is 9.79. The van der Waals surface area contributed by atoms with E-state index in [1.54, 1.807) is 0 Å². The van der Waals surface area contributed by atoms with Gasteiger partial charge < -0.3 is 9.47 Å². The van der Waals surface area contributed by atoms with Crippen LogP contribution in [0.25, 0.3) is 10.9 Å². The standard InChI is InChI=1S/C17H22N2O/c1-18-10-5-4-6-15(18)9-11-19-12-14(13-20)16-7-2-3-8-17(16)19/h2-3,7-8,12-13,15H,4-6,9-11H2,1H3. The van der Waals surface area contributed by atoms with Gasteiger partial charge in [-0.05, 0) is 38.9 Å². The number of carbonyl (C=O) groups excluding carboxylic acids is 1. The second-order valence-electron chi connectivity index (χ2n) is 5.83. The summed E-state index contributed by atoms with van der Waals surface area (Å²) in [6, 6.07) is 8.86. The minimum Gasteiger partial charge on any atom is -0.347 e. The summed E-state index contributed by atoms with van der Waals surface area (Å²) in [4.78, 5) is 13.7. The van der Waals surface area contributed by atoms with Gasteiger partial charge in [-0.1, -0.05) is 24.6 Å². The predicted octanol–water partition coefficient (Wildman–Crippen LogP) is 3.33. The molecule has 1 fully saturated rings. The third-order valence-electron chi connectivity index (χ3n) is 4.57. The molecule has 1 aliphatic rings. The molecule has 0 aliphatic carbocycles. The first kappa shape index (κ1) is 13.4. The summed E-state index contributed by atoms with van der Waals surface area (Å²) < 4.78 is 2.24. The van der Waals surface area contributed by atoms with Gasteiger partial charge in [0.15, 0.2) is 6.29 Å². The van der Waals surface area contributed by atoms with Crippen LogP contribution in [0.3, 0.4) is 0 Å². The Bertz CT molecular complexity index is 602. The number of aldehydes is 1. The maximum atomic E-state index is 11.2. The summed E-state index contributed by atoms with van der Waals surface area (Å²) in [5.74, 6) is 0. The van der Waals surface area contributed by atoms with Gasteiger partial charge in [0.25, 0.3) is 0 Å². The second kappa shape index (κ2) is 5.80. The molecular weight excluding hydrogens is 248 g/mol. The van der Waals surface area contributed by atoms with E-state index in [4.69, 9.17) is 0 Å². The molecule has 2 heterocycles. The van der Waals surface area contributed by atoms with E-state index in [1.165, 1.54) is 31.3 Å². The highest BCUT2D eigenvalue weighted by Gasteiger charge is 2.18. The van der Waals surface area contributed by atoms with Crippen LogP contribution in [0.4, 0.5) is 0 Å². The van der Waals surface area contributed by atoms with Crippen LogP contribution < -0.4 is 0 Å². The van der Waals surface area contributed by atoms with Gasteiger partial charge >= 0.3 is 0 Å². The zero-order valence-electron chi connectivity index (χ0n) is 12.1. The first-order valence-corrected chi connectivity index (χ1v) is 7.53. The molecule has 3 nitrogen and oxygen atoms in total. The minimum atomic E-state index is 0.685. The highest BCUT2D eigenvalue weighted by atomic mass is 16.1. The average Bonchev–Trinajstić information content (AvgIpc) is 2.85. The van der Waals surface area contributed by atoms with Gasteiger partial charge in [0, 0.05) is 35.2 Å². The van der Waals surface area contributed by atoms with E-state index >= 15 is 0 Å². The van der Waals surface area contributed by atoms with Crippen molar-refractivity contribution in [2.75, 3.05) is 13.6 Å². The lowest BCUT2D eigenvalue weighted by Gasteiger charge is -2.32. The van der Waals surface area contributed by atoms with Gasteiger partial charge in [-0.2, -0.15) is 0 Å². The van der Waals surface area contributed by atoms with E-state index < -0.39 is 0 Å². The van der Waals surface area contributed by atoms with Gasteiger partial charge in [-0.15, -0.1) is 0 Å². The van der Waals surface area contributed by atoms with Crippen LogP contribution >= 0.6 is 0 Å². The number of para-hydroxylation sites is 1. The van der Waals surface area contributed by atoms with E-state index in [-0.39, 0.29) is 0 Å². The fourth-order valence-corrected chi connectivity index (χ4v) is 3.35. The van der Waals surface area contributed by atoms with Gasteiger partial charge in [-0.25, -0.2) is 0 Å². The molecule has 0 spiro atoms. The number of carbonyl (C=O) groups is 1. The van der Waals surface area contributed by atoms with Crippen molar-refractivity contribution >= 4 is 17.2 Å². The number of benzene rings is 1. The molecular formula is C17H22N2O. The lowest BCUT2D eigenvalue weighted by molar-refractivity contribution is 0.112. The summed E-state index contributed by atoms with van der Waals surface area (Å²) in [6.45, 7) is 2.21. The van der Waals surface area contributed by atoms with E-state index in [1.807, 2.05) is 24.4 Å². The van der Waals surface area contributed by atoms with Crippen LogP contribution in [0, 0.1) is 0 Å². The monoisotopic (exact) mass is 270 g/mol. The molecule has 1 aromatic carbocycles. The number of hydrogen-bond acceptors (Lipinski definition) is 2. The van der Waals surface area contributed by atoms with Crippen LogP contribution in [-0.2, 0) is 6.54 Å². The van der Waals surface area contributed by atoms with Crippen LogP contribution in [0.1, 0.15) is 36.0 Å². The number of piperidine rings is 1. The molecule has 1 saturated heterocycles. The fraction of sp³-hybridized carbons (Fsp3) is 0.471. The normalized spacial score (nSPS) is 20.4. The highest BCUT2D eigenvalue weighted by molar-refractivity contribution is 5.97. The average molecular weight is 270 g/mol. The molecule has 1 unspecified atom stereocenters. The van der Waals surface area contributed by atoms with Crippen molar-refractivity contribution in [3.63, 3.8) is 0 Å².